The first-order valence-corrected chi connectivity index (χ1v) is 12.7. The Hall–Kier alpha value is -1.96. The van der Waals surface area contributed by atoms with E-state index in [-0.39, 0.29) is 11.9 Å². The van der Waals surface area contributed by atoms with Crippen LogP contribution in [-0.2, 0) is 9.53 Å². The van der Waals surface area contributed by atoms with Crippen LogP contribution in [0.2, 0.25) is 5.02 Å². The lowest BCUT2D eigenvalue weighted by Gasteiger charge is -2.29. The van der Waals surface area contributed by atoms with Gasteiger partial charge in [-0.15, -0.1) is 0 Å². The Kier molecular flexibility index (Phi) is 8.39. The number of carbonyl (C=O) groups is 1. The first kappa shape index (κ1) is 24.2. The van der Waals surface area contributed by atoms with Crippen molar-refractivity contribution in [3.63, 3.8) is 0 Å². The Morgan fingerprint density at radius 2 is 2.06 bits per heavy atom. The van der Waals surface area contributed by atoms with Gasteiger partial charge < -0.3 is 15.0 Å². The lowest BCUT2D eigenvalue weighted by molar-refractivity contribution is -0.121. The number of halogens is 1. The second-order valence-electron chi connectivity index (χ2n) is 9.26. The standard InChI is InChI=1S/C25H36ClN5O2/c1-3-18(2)27-23(32)9-12-31(11-4-10-30-13-15-33-16-14-30)25-21-8-7-20(26)17-22(21)28-24(29-25)19-5-6-19/h7-8,17-19H,3-6,9-16H2,1-2H3,(H,27,32). The zero-order valence-corrected chi connectivity index (χ0v) is 20.6. The lowest BCUT2D eigenvalue weighted by atomic mass is 10.2. The van der Waals surface area contributed by atoms with E-state index in [1.54, 1.807) is 0 Å². The third kappa shape index (κ3) is 6.78. The van der Waals surface area contributed by atoms with Crippen molar-refractivity contribution in [1.82, 2.24) is 20.2 Å². The average molecular weight is 474 g/mol. The normalized spacial score (nSPS) is 17.8. The largest absolute Gasteiger partial charge is 0.379 e. The van der Waals surface area contributed by atoms with Crippen molar-refractivity contribution in [3.8, 4) is 0 Å². The number of nitrogens with zero attached hydrogens (tertiary/aromatic N) is 4. The summed E-state index contributed by atoms with van der Waals surface area (Å²) in [5, 5.41) is 4.77. The summed E-state index contributed by atoms with van der Waals surface area (Å²) in [5.41, 5.74) is 0.886. The van der Waals surface area contributed by atoms with Crippen molar-refractivity contribution in [1.29, 1.82) is 0 Å². The van der Waals surface area contributed by atoms with E-state index in [2.05, 4.69) is 22.0 Å². The first-order valence-electron chi connectivity index (χ1n) is 12.3. The smallest absolute Gasteiger partial charge is 0.221 e. The quantitative estimate of drug-likeness (QED) is 0.532. The van der Waals surface area contributed by atoms with E-state index in [0.717, 1.165) is 87.6 Å². The topological polar surface area (TPSA) is 70.6 Å². The molecule has 1 saturated heterocycles. The van der Waals surface area contributed by atoms with E-state index in [0.29, 0.717) is 23.9 Å². The summed E-state index contributed by atoms with van der Waals surface area (Å²) in [6, 6.07) is 6.03. The summed E-state index contributed by atoms with van der Waals surface area (Å²) >= 11 is 6.29. The van der Waals surface area contributed by atoms with Gasteiger partial charge >= 0.3 is 0 Å². The van der Waals surface area contributed by atoms with Crippen LogP contribution in [0.25, 0.3) is 10.9 Å². The highest BCUT2D eigenvalue weighted by molar-refractivity contribution is 6.31. The molecule has 2 aromatic rings. The van der Waals surface area contributed by atoms with Crippen molar-refractivity contribution in [2.75, 3.05) is 50.8 Å². The molecule has 0 bridgehead atoms. The van der Waals surface area contributed by atoms with Gasteiger partial charge in [-0.05, 0) is 50.8 Å². The Labute approximate surface area is 201 Å². The summed E-state index contributed by atoms with van der Waals surface area (Å²) in [6.07, 6.45) is 4.65. The van der Waals surface area contributed by atoms with E-state index < -0.39 is 0 Å². The van der Waals surface area contributed by atoms with Gasteiger partial charge in [0, 0.05) is 61.5 Å². The maximum atomic E-state index is 12.6. The number of anilines is 1. The second kappa shape index (κ2) is 11.4. The number of rotatable bonds is 11. The molecule has 1 unspecified atom stereocenters. The number of carbonyl (C=O) groups excluding carboxylic acids is 1. The number of nitrogens with one attached hydrogen (secondary N) is 1. The van der Waals surface area contributed by atoms with Crippen molar-refractivity contribution in [2.45, 2.75) is 57.9 Å². The summed E-state index contributed by atoms with van der Waals surface area (Å²) in [7, 11) is 0. The molecule has 1 aliphatic heterocycles. The van der Waals surface area contributed by atoms with Gasteiger partial charge in [-0.2, -0.15) is 0 Å². The van der Waals surface area contributed by atoms with Crippen molar-refractivity contribution in [3.05, 3.63) is 29.0 Å². The number of amides is 1. The number of hydrogen-bond donors (Lipinski definition) is 1. The Morgan fingerprint density at radius 1 is 1.27 bits per heavy atom. The van der Waals surface area contributed by atoms with E-state index in [4.69, 9.17) is 26.3 Å². The summed E-state index contributed by atoms with van der Waals surface area (Å²) in [6.45, 7) is 10.2. The third-order valence-corrected chi connectivity index (χ3v) is 6.77. The molecule has 1 saturated carbocycles. The van der Waals surface area contributed by atoms with Crippen LogP contribution in [-0.4, -0.2) is 72.8 Å². The minimum absolute atomic E-state index is 0.0892. The van der Waals surface area contributed by atoms with Crippen molar-refractivity contribution in [2.24, 2.45) is 0 Å². The van der Waals surface area contributed by atoms with E-state index in [1.807, 2.05) is 25.1 Å². The maximum Gasteiger partial charge on any atom is 0.221 e. The van der Waals surface area contributed by atoms with Gasteiger partial charge in [-0.1, -0.05) is 18.5 Å². The first-order chi connectivity index (χ1) is 16.0. The minimum atomic E-state index is 0.0892. The Bertz CT molecular complexity index is 946. The average Bonchev–Trinajstić information content (AvgIpc) is 3.66. The monoisotopic (exact) mass is 473 g/mol. The summed E-state index contributed by atoms with van der Waals surface area (Å²) < 4.78 is 5.48. The van der Waals surface area contributed by atoms with E-state index in [1.165, 1.54) is 0 Å². The molecule has 1 aromatic carbocycles. The van der Waals surface area contributed by atoms with Crippen LogP contribution in [0.5, 0.6) is 0 Å². The molecule has 1 atom stereocenters. The molecule has 7 nitrogen and oxygen atoms in total. The van der Waals surface area contributed by atoms with Crippen molar-refractivity contribution < 1.29 is 9.53 Å². The van der Waals surface area contributed by atoms with Crippen LogP contribution in [0.4, 0.5) is 5.82 Å². The van der Waals surface area contributed by atoms with Crippen LogP contribution < -0.4 is 10.2 Å². The summed E-state index contributed by atoms with van der Waals surface area (Å²) in [4.78, 5) is 27.1. The van der Waals surface area contributed by atoms with Crippen LogP contribution in [0.15, 0.2) is 18.2 Å². The Morgan fingerprint density at radius 3 is 2.79 bits per heavy atom. The van der Waals surface area contributed by atoms with Gasteiger partial charge in [-0.3, -0.25) is 9.69 Å². The Balaban J connectivity index is 1.54. The molecule has 1 aromatic heterocycles. The zero-order valence-electron chi connectivity index (χ0n) is 19.9. The van der Waals surface area contributed by atoms with Gasteiger partial charge in [0.2, 0.25) is 5.91 Å². The van der Waals surface area contributed by atoms with Gasteiger partial charge in [0.15, 0.2) is 0 Å². The van der Waals surface area contributed by atoms with Gasteiger partial charge in [-0.25, -0.2) is 9.97 Å². The predicted molar refractivity (Wildman–Crippen MR) is 133 cm³/mol. The summed E-state index contributed by atoms with van der Waals surface area (Å²) in [5.74, 6) is 2.36. The number of morpholine rings is 1. The SMILES string of the molecule is CCC(C)NC(=O)CCN(CCCN1CCOCC1)c1nc(C2CC2)nc2cc(Cl)ccc12. The molecule has 2 aliphatic rings. The highest BCUT2D eigenvalue weighted by Crippen LogP contribution is 2.40. The number of hydrogen-bond acceptors (Lipinski definition) is 6. The number of aromatic nitrogens is 2. The highest BCUT2D eigenvalue weighted by Gasteiger charge is 2.28. The number of benzene rings is 1. The predicted octanol–water partition coefficient (Wildman–Crippen LogP) is 3.99. The molecular formula is C25H36ClN5O2. The molecule has 0 radical (unpaired) electrons. The molecule has 180 valence electrons. The van der Waals surface area contributed by atoms with Gasteiger partial charge in [0.05, 0.1) is 18.7 Å². The van der Waals surface area contributed by atoms with Crippen LogP contribution in [0.3, 0.4) is 0 Å². The number of ether oxygens (including phenoxy) is 1. The molecule has 2 fully saturated rings. The third-order valence-electron chi connectivity index (χ3n) is 6.53. The molecular weight excluding hydrogens is 438 g/mol. The molecule has 33 heavy (non-hydrogen) atoms. The second-order valence-corrected chi connectivity index (χ2v) is 9.70. The van der Waals surface area contributed by atoms with Crippen LogP contribution in [0.1, 0.15) is 57.7 Å². The zero-order chi connectivity index (χ0) is 23.2. The van der Waals surface area contributed by atoms with Crippen LogP contribution in [0, 0.1) is 0 Å². The molecule has 0 spiro atoms. The molecule has 2 heterocycles. The highest BCUT2D eigenvalue weighted by atomic mass is 35.5. The van der Waals surface area contributed by atoms with E-state index in [9.17, 15) is 4.79 Å². The van der Waals surface area contributed by atoms with E-state index >= 15 is 0 Å². The van der Waals surface area contributed by atoms with Gasteiger partial charge in [0.1, 0.15) is 11.6 Å². The van der Waals surface area contributed by atoms with Gasteiger partial charge in [0.25, 0.3) is 0 Å². The fraction of sp³-hybridized carbons (Fsp3) is 0.640. The molecule has 1 N–H and O–H groups in total. The molecule has 4 rings (SSSR count). The maximum absolute atomic E-state index is 12.6. The lowest BCUT2D eigenvalue weighted by Crippen LogP contribution is -2.39. The molecule has 1 aliphatic carbocycles. The fourth-order valence-electron chi connectivity index (χ4n) is 4.19. The molecule has 1 amide bonds. The number of fused-ring (bicyclic) bond motifs is 1. The van der Waals surface area contributed by atoms with Crippen molar-refractivity contribution >= 4 is 34.2 Å². The molecule has 8 heteroatoms. The minimum Gasteiger partial charge on any atom is -0.379 e. The van der Waals surface area contributed by atoms with Crippen LogP contribution >= 0.6 is 11.6 Å². The fourth-order valence-corrected chi connectivity index (χ4v) is 4.35.